The Labute approximate surface area is 167 Å². The van der Waals surface area contributed by atoms with Crippen LogP contribution >= 0.6 is 0 Å². The number of anilines is 1. The Morgan fingerprint density at radius 3 is 2.66 bits per heavy atom. The van der Waals surface area contributed by atoms with Crippen LogP contribution in [0.2, 0.25) is 0 Å². The lowest BCUT2D eigenvalue weighted by Gasteiger charge is -2.14. The summed E-state index contributed by atoms with van der Waals surface area (Å²) in [4.78, 5) is 4.22. The summed E-state index contributed by atoms with van der Waals surface area (Å²) >= 11 is 0. The minimum absolute atomic E-state index is 0.0227. The molecule has 1 aromatic carbocycles. The van der Waals surface area contributed by atoms with Crippen LogP contribution in [0, 0.1) is 6.92 Å². The molecule has 10 heteroatoms. The molecule has 0 aliphatic heterocycles. The first-order chi connectivity index (χ1) is 13.7. The number of rotatable bonds is 6. The lowest BCUT2D eigenvalue weighted by atomic mass is 9.98. The Balaban J connectivity index is 1.74. The van der Waals surface area contributed by atoms with Gasteiger partial charge in [0, 0.05) is 34.7 Å². The predicted molar refractivity (Wildman–Crippen MR) is 104 cm³/mol. The molecule has 2 heterocycles. The third-order valence-electron chi connectivity index (χ3n) is 4.81. The van der Waals surface area contributed by atoms with Crippen molar-refractivity contribution >= 4 is 27.7 Å². The molecule has 4 rings (SSSR count). The van der Waals surface area contributed by atoms with Crippen molar-refractivity contribution in [3.63, 3.8) is 0 Å². The fourth-order valence-electron chi connectivity index (χ4n) is 3.19. The Hall–Kier alpha value is -2.49. The van der Waals surface area contributed by atoms with E-state index in [1.807, 2.05) is 0 Å². The first-order valence-corrected chi connectivity index (χ1v) is 10.9. The third kappa shape index (κ3) is 4.26. The molecule has 0 bridgehead atoms. The monoisotopic (exact) mass is 424 g/mol. The molecule has 1 aliphatic rings. The number of benzene rings is 1. The van der Waals surface area contributed by atoms with Gasteiger partial charge >= 0.3 is 12.2 Å². The molecular formula is C19H19F3N4O2S. The van der Waals surface area contributed by atoms with Crippen LogP contribution < -0.4 is 5.32 Å². The normalized spacial score (nSPS) is 15.6. The smallest absolute Gasteiger partial charge is 0.402 e. The molecule has 3 aromatic rings. The van der Waals surface area contributed by atoms with Crippen LogP contribution in [-0.4, -0.2) is 37.9 Å². The zero-order valence-electron chi connectivity index (χ0n) is 15.8. The van der Waals surface area contributed by atoms with Gasteiger partial charge in [-0.3, -0.25) is 4.21 Å². The van der Waals surface area contributed by atoms with Crippen LogP contribution in [0.3, 0.4) is 0 Å². The quantitative estimate of drug-likeness (QED) is 0.636. The zero-order valence-corrected chi connectivity index (χ0v) is 16.7. The van der Waals surface area contributed by atoms with E-state index in [0.29, 0.717) is 28.8 Å². The van der Waals surface area contributed by atoms with Gasteiger partial charge in [-0.1, -0.05) is 5.10 Å². The Bertz CT molecular complexity index is 1090. The minimum atomic E-state index is -4.52. The highest BCUT2D eigenvalue weighted by molar-refractivity contribution is 7.84. The average Bonchev–Trinajstić information content (AvgIpc) is 3.38. The van der Waals surface area contributed by atoms with Crippen molar-refractivity contribution in [2.24, 2.45) is 0 Å². The standard InChI is InChI=1S/C19H19F3N4O2S/c1-10-7-15(17-25-26-18(28-17)23-5-6-29(2)27)24-16-13(10)8-12(11-3-4-11)9-14(16)19(20,21)22/h7-9,11H,3-6H2,1-2H3,(H,23,26). The fraction of sp³-hybridized carbons (Fsp3) is 0.421. The van der Waals surface area contributed by atoms with E-state index in [0.717, 1.165) is 12.8 Å². The number of fused-ring (bicyclic) bond motifs is 1. The van der Waals surface area contributed by atoms with Crippen LogP contribution in [0.25, 0.3) is 22.5 Å². The van der Waals surface area contributed by atoms with Crippen molar-refractivity contribution in [2.75, 3.05) is 23.9 Å². The topological polar surface area (TPSA) is 80.9 Å². The molecule has 0 saturated heterocycles. The highest BCUT2D eigenvalue weighted by Gasteiger charge is 2.36. The van der Waals surface area contributed by atoms with E-state index in [-0.39, 0.29) is 29.0 Å². The number of alkyl halides is 3. The molecular weight excluding hydrogens is 405 g/mol. The van der Waals surface area contributed by atoms with Gasteiger partial charge in [0.1, 0.15) is 5.69 Å². The summed E-state index contributed by atoms with van der Waals surface area (Å²) < 4.78 is 57.8. The molecule has 154 valence electrons. The number of pyridine rings is 1. The third-order valence-corrected chi connectivity index (χ3v) is 5.59. The van der Waals surface area contributed by atoms with Crippen LogP contribution in [-0.2, 0) is 17.0 Å². The van der Waals surface area contributed by atoms with Crippen molar-refractivity contribution < 1.29 is 21.8 Å². The van der Waals surface area contributed by atoms with E-state index in [4.69, 9.17) is 4.42 Å². The molecule has 1 saturated carbocycles. The van der Waals surface area contributed by atoms with Gasteiger partial charge in [-0.05, 0) is 55.0 Å². The highest BCUT2D eigenvalue weighted by atomic mass is 32.2. The van der Waals surface area contributed by atoms with Gasteiger partial charge in [0.05, 0.1) is 11.1 Å². The molecule has 0 radical (unpaired) electrons. The number of nitrogens with one attached hydrogen (secondary N) is 1. The maximum absolute atomic E-state index is 13.7. The molecule has 1 unspecified atom stereocenters. The largest absolute Gasteiger partial charge is 0.418 e. The number of hydrogen-bond acceptors (Lipinski definition) is 6. The van der Waals surface area contributed by atoms with E-state index in [9.17, 15) is 17.4 Å². The van der Waals surface area contributed by atoms with Crippen molar-refractivity contribution in [2.45, 2.75) is 31.9 Å². The molecule has 1 aliphatic carbocycles. The summed E-state index contributed by atoms with van der Waals surface area (Å²) in [5.41, 5.74) is 0.683. The van der Waals surface area contributed by atoms with Crippen LogP contribution in [0.5, 0.6) is 0 Å². The Kier molecular flexibility index (Phi) is 5.05. The van der Waals surface area contributed by atoms with Crippen molar-refractivity contribution in [3.05, 3.63) is 34.9 Å². The summed E-state index contributed by atoms with van der Waals surface area (Å²) in [6.45, 7) is 2.12. The lowest BCUT2D eigenvalue weighted by molar-refractivity contribution is -0.136. The number of aromatic nitrogens is 3. The second-order valence-electron chi connectivity index (χ2n) is 7.18. The lowest BCUT2D eigenvalue weighted by Crippen LogP contribution is -2.09. The highest BCUT2D eigenvalue weighted by Crippen LogP contribution is 2.45. The second kappa shape index (κ2) is 7.40. The van der Waals surface area contributed by atoms with E-state index in [1.54, 1.807) is 25.3 Å². The van der Waals surface area contributed by atoms with E-state index < -0.39 is 22.5 Å². The van der Waals surface area contributed by atoms with Gasteiger partial charge < -0.3 is 9.73 Å². The van der Waals surface area contributed by atoms with Gasteiger partial charge in [0.25, 0.3) is 5.89 Å². The maximum Gasteiger partial charge on any atom is 0.418 e. The van der Waals surface area contributed by atoms with Crippen molar-refractivity contribution in [3.8, 4) is 11.6 Å². The Morgan fingerprint density at radius 2 is 2.00 bits per heavy atom. The number of nitrogens with zero attached hydrogens (tertiary/aromatic N) is 3. The number of aryl methyl sites for hydroxylation is 1. The maximum atomic E-state index is 13.7. The van der Waals surface area contributed by atoms with Crippen LogP contribution in [0.1, 0.15) is 35.4 Å². The van der Waals surface area contributed by atoms with Gasteiger partial charge in [0.2, 0.25) is 0 Å². The molecule has 0 amide bonds. The van der Waals surface area contributed by atoms with Crippen LogP contribution in [0.4, 0.5) is 19.2 Å². The van der Waals surface area contributed by atoms with Gasteiger partial charge in [0.15, 0.2) is 0 Å². The van der Waals surface area contributed by atoms with E-state index in [2.05, 4.69) is 20.5 Å². The first-order valence-electron chi connectivity index (χ1n) is 9.12. The summed E-state index contributed by atoms with van der Waals surface area (Å²) in [5, 5.41) is 11.0. The SMILES string of the molecule is Cc1cc(-c2nnc(NCCS(C)=O)o2)nc2c(C(F)(F)F)cc(C3CC3)cc12. The molecule has 29 heavy (non-hydrogen) atoms. The van der Waals surface area contributed by atoms with Crippen molar-refractivity contribution in [1.29, 1.82) is 0 Å². The Morgan fingerprint density at radius 1 is 1.24 bits per heavy atom. The second-order valence-corrected chi connectivity index (χ2v) is 8.73. The summed E-state index contributed by atoms with van der Waals surface area (Å²) in [5.74, 6) is 0.625. The molecule has 6 nitrogen and oxygen atoms in total. The first kappa shape index (κ1) is 19.8. The summed E-state index contributed by atoms with van der Waals surface area (Å²) in [6, 6.07) is 4.77. The number of hydrogen-bond donors (Lipinski definition) is 1. The van der Waals surface area contributed by atoms with E-state index in [1.165, 1.54) is 6.07 Å². The minimum Gasteiger partial charge on any atom is -0.402 e. The van der Waals surface area contributed by atoms with Gasteiger partial charge in [-0.15, -0.1) is 5.10 Å². The molecule has 0 spiro atoms. The molecule has 1 fully saturated rings. The molecule has 2 aromatic heterocycles. The fourth-order valence-corrected chi connectivity index (χ4v) is 3.58. The summed E-state index contributed by atoms with van der Waals surface area (Å²) in [6.07, 6.45) is -1.11. The predicted octanol–water partition coefficient (Wildman–Crippen LogP) is 4.28. The van der Waals surface area contributed by atoms with Crippen molar-refractivity contribution in [1.82, 2.24) is 15.2 Å². The number of halogens is 3. The molecule has 1 atom stereocenters. The zero-order chi connectivity index (χ0) is 20.8. The van der Waals surface area contributed by atoms with Gasteiger partial charge in [-0.2, -0.15) is 13.2 Å². The molecule has 1 N–H and O–H groups in total. The summed E-state index contributed by atoms with van der Waals surface area (Å²) in [7, 11) is -0.971. The average molecular weight is 424 g/mol. The van der Waals surface area contributed by atoms with E-state index >= 15 is 0 Å². The van der Waals surface area contributed by atoms with Crippen LogP contribution in [0.15, 0.2) is 22.6 Å². The van der Waals surface area contributed by atoms with Gasteiger partial charge in [-0.25, -0.2) is 4.98 Å².